The van der Waals surface area contributed by atoms with Gasteiger partial charge in [0, 0.05) is 29.5 Å². The monoisotopic (exact) mass is 556 g/mol. The Morgan fingerprint density at radius 2 is 1.98 bits per heavy atom. The van der Waals surface area contributed by atoms with E-state index in [0.29, 0.717) is 29.4 Å². The number of guanidine groups is 1. The molecule has 3 N–H and O–H groups in total. The molecule has 2 aromatic rings. The van der Waals surface area contributed by atoms with Crippen LogP contribution in [0.2, 0.25) is 0 Å². The molecule has 1 saturated carbocycles. The lowest BCUT2D eigenvalue weighted by molar-refractivity contribution is -0.201. The molecule has 1 aliphatic carbocycles. The topological polar surface area (TPSA) is 106 Å². The highest BCUT2D eigenvalue weighted by Crippen LogP contribution is 2.52. The Morgan fingerprint density at radius 1 is 1.15 bits per heavy atom. The second-order valence-corrected chi connectivity index (χ2v) is 11.0. The molecule has 2 amide bonds. The molecule has 0 aromatic heterocycles. The summed E-state index contributed by atoms with van der Waals surface area (Å²) in [6, 6.07) is 8.95. The van der Waals surface area contributed by atoms with Crippen LogP contribution in [-0.4, -0.2) is 47.6 Å². The normalized spacial score (nSPS) is 27.9. The van der Waals surface area contributed by atoms with E-state index in [9.17, 15) is 22.8 Å². The molecule has 5 aliphatic rings. The number of nitrogens with one attached hydrogen (secondary N) is 1. The Balaban J connectivity index is 1.40. The first kappa shape index (κ1) is 26.5. The van der Waals surface area contributed by atoms with Gasteiger partial charge in [0.05, 0.1) is 25.2 Å². The largest absolute Gasteiger partial charge is 0.494 e. The van der Waals surface area contributed by atoms with Crippen molar-refractivity contribution in [1.29, 1.82) is 0 Å². The van der Waals surface area contributed by atoms with Crippen LogP contribution in [0.5, 0.6) is 11.5 Å². The van der Waals surface area contributed by atoms with Gasteiger partial charge in [-0.05, 0) is 73.9 Å². The lowest BCUT2D eigenvalue weighted by atomic mass is 9.92. The van der Waals surface area contributed by atoms with Crippen molar-refractivity contribution in [3.63, 3.8) is 0 Å². The van der Waals surface area contributed by atoms with Crippen LogP contribution in [0, 0.1) is 5.92 Å². The number of nitrogens with zero attached hydrogens (tertiary/aromatic N) is 2. The van der Waals surface area contributed by atoms with Crippen molar-refractivity contribution in [3.05, 3.63) is 58.7 Å². The number of carbonyl (C=O) groups is 2. The maximum absolute atomic E-state index is 13.7. The number of benzene rings is 2. The molecular formula is C29H31F3N4O4. The SMILES string of the molecule is CCOc1ccc2cc1CN1C(=O)CC(CCC3CC3c3ccc4c(c3)C(CC(C(F)(F)F)O4)NC2=O)N=C1N. The van der Waals surface area contributed by atoms with Crippen LogP contribution in [0.25, 0.3) is 0 Å². The van der Waals surface area contributed by atoms with E-state index >= 15 is 0 Å². The van der Waals surface area contributed by atoms with Gasteiger partial charge >= 0.3 is 6.18 Å². The summed E-state index contributed by atoms with van der Waals surface area (Å²) in [4.78, 5) is 32.5. The van der Waals surface area contributed by atoms with Gasteiger partial charge in [-0.3, -0.25) is 14.5 Å². The summed E-state index contributed by atoms with van der Waals surface area (Å²) in [5.74, 6) is 0.702. The van der Waals surface area contributed by atoms with Gasteiger partial charge in [0.25, 0.3) is 5.91 Å². The third-order valence-electron chi connectivity index (χ3n) is 8.27. The fraction of sp³-hybridized carbons (Fsp3) is 0.483. The number of halogens is 3. The number of fused-ring (bicyclic) bond motifs is 3. The quantitative estimate of drug-likeness (QED) is 0.563. The number of aliphatic imine (C=N–C) groups is 1. The van der Waals surface area contributed by atoms with E-state index in [1.54, 1.807) is 24.3 Å². The van der Waals surface area contributed by atoms with E-state index in [1.807, 2.05) is 19.1 Å². The minimum atomic E-state index is -4.58. The van der Waals surface area contributed by atoms with Gasteiger partial charge in [0.15, 0.2) is 12.1 Å². The standard InChI is InChI=1S/C29H31F3N4O4/c1-2-39-23-7-5-17-9-18(23)14-36-26(37)12-19(34-28(36)33)6-3-15-10-20(15)16-4-8-24-21(11-16)22(35-27(17)38)13-25(40-24)29(30,31)32/h4-5,7-9,11,15,19-20,22,25H,2-3,6,10,12-14H2,1H3,(H2,33,34)(H,35,38). The van der Waals surface area contributed by atoms with Gasteiger partial charge in [-0.2, -0.15) is 13.2 Å². The van der Waals surface area contributed by atoms with Gasteiger partial charge < -0.3 is 20.5 Å². The van der Waals surface area contributed by atoms with Crippen LogP contribution >= 0.6 is 0 Å². The number of rotatable bonds is 2. The second-order valence-electron chi connectivity index (χ2n) is 11.0. The van der Waals surface area contributed by atoms with Crippen LogP contribution in [0.4, 0.5) is 13.2 Å². The van der Waals surface area contributed by atoms with Gasteiger partial charge in [0.2, 0.25) is 5.91 Å². The molecule has 6 bridgehead atoms. The molecule has 4 heterocycles. The van der Waals surface area contributed by atoms with Crippen LogP contribution in [0.15, 0.2) is 41.4 Å². The number of hydrogen-bond donors (Lipinski definition) is 2. The van der Waals surface area contributed by atoms with Gasteiger partial charge in [0.1, 0.15) is 11.5 Å². The Morgan fingerprint density at radius 3 is 2.73 bits per heavy atom. The van der Waals surface area contributed by atoms with E-state index < -0.39 is 30.7 Å². The molecule has 1 fully saturated rings. The summed E-state index contributed by atoms with van der Waals surface area (Å²) < 4.78 is 52.3. The molecule has 7 rings (SSSR count). The van der Waals surface area contributed by atoms with Crippen molar-refractivity contribution in [2.45, 2.75) is 75.9 Å². The first-order valence-electron chi connectivity index (χ1n) is 13.7. The van der Waals surface area contributed by atoms with Crippen molar-refractivity contribution in [2.24, 2.45) is 16.6 Å². The smallest absolute Gasteiger partial charge is 0.425 e. The minimum Gasteiger partial charge on any atom is -0.494 e. The fourth-order valence-electron chi connectivity index (χ4n) is 6.07. The van der Waals surface area contributed by atoms with Gasteiger partial charge in [-0.25, -0.2) is 4.99 Å². The number of ether oxygens (including phenoxy) is 2. The fourth-order valence-corrected chi connectivity index (χ4v) is 6.07. The molecule has 4 aliphatic heterocycles. The summed E-state index contributed by atoms with van der Waals surface area (Å²) in [6.45, 7) is 2.24. The van der Waals surface area contributed by atoms with Crippen LogP contribution in [-0.2, 0) is 11.3 Å². The lowest BCUT2D eigenvalue weighted by Gasteiger charge is -2.34. The number of nitrogens with two attached hydrogens (primary N) is 1. The molecule has 5 unspecified atom stereocenters. The van der Waals surface area contributed by atoms with Crippen molar-refractivity contribution in [3.8, 4) is 11.5 Å². The van der Waals surface area contributed by atoms with Crippen LogP contribution in [0.3, 0.4) is 0 Å². The van der Waals surface area contributed by atoms with Crippen LogP contribution in [0.1, 0.15) is 78.0 Å². The summed E-state index contributed by atoms with van der Waals surface area (Å²) in [5, 5.41) is 2.82. The van der Waals surface area contributed by atoms with E-state index in [-0.39, 0.29) is 48.1 Å². The van der Waals surface area contributed by atoms with E-state index in [1.165, 1.54) is 4.90 Å². The number of hydrogen-bond acceptors (Lipinski definition) is 6. The third kappa shape index (κ3) is 5.09. The van der Waals surface area contributed by atoms with Crippen molar-refractivity contribution in [2.75, 3.05) is 6.61 Å². The lowest BCUT2D eigenvalue weighted by Crippen LogP contribution is -2.46. The summed E-state index contributed by atoms with van der Waals surface area (Å²) in [7, 11) is 0. The molecule has 0 radical (unpaired) electrons. The molecule has 5 atom stereocenters. The Hall–Kier alpha value is -3.76. The molecular weight excluding hydrogens is 525 g/mol. The molecule has 2 aromatic carbocycles. The molecule has 212 valence electrons. The first-order valence-corrected chi connectivity index (χ1v) is 13.7. The third-order valence-corrected chi connectivity index (χ3v) is 8.27. The van der Waals surface area contributed by atoms with Crippen molar-refractivity contribution < 1.29 is 32.2 Å². The second kappa shape index (κ2) is 10.0. The molecule has 11 heteroatoms. The highest BCUT2D eigenvalue weighted by atomic mass is 19.4. The van der Waals surface area contributed by atoms with Crippen LogP contribution < -0.4 is 20.5 Å². The van der Waals surface area contributed by atoms with Crippen molar-refractivity contribution >= 4 is 17.8 Å². The molecule has 8 nitrogen and oxygen atoms in total. The van der Waals surface area contributed by atoms with Gasteiger partial charge in [-0.15, -0.1) is 0 Å². The average molecular weight is 557 g/mol. The van der Waals surface area contributed by atoms with Crippen molar-refractivity contribution in [1.82, 2.24) is 10.2 Å². The molecule has 0 saturated heterocycles. The highest BCUT2D eigenvalue weighted by molar-refractivity contribution is 5.99. The Bertz CT molecular complexity index is 1380. The van der Waals surface area contributed by atoms with Gasteiger partial charge in [-0.1, -0.05) is 6.07 Å². The van der Waals surface area contributed by atoms with E-state index in [0.717, 1.165) is 24.8 Å². The Labute approximate surface area is 229 Å². The predicted octanol–water partition coefficient (Wildman–Crippen LogP) is 4.58. The summed E-state index contributed by atoms with van der Waals surface area (Å²) in [5.41, 5.74) is 8.58. The number of alkyl halides is 3. The number of amides is 2. The molecule has 40 heavy (non-hydrogen) atoms. The van der Waals surface area contributed by atoms with E-state index in [4.69, 9.17) is 15.2 Å². The maximum atomic E-state index is 13.7. The first-order chi connectivity index (χ1) is 19.1. The zero-order valence-corrected chi connectivity index (χ0v) is 22.0. The van der Waals surface area contributed by atoms with E-state index in [2.05, 4.69) is 10.3 Å². The Kier molecular flexibility index (Phi) is 6.62. The number of carbonyl (C=O) groups excluding carboxylic acids is 2. The average Bonchev–Trinajstić information content (AvgIpc) is 3.69. The zero-order chi connectivity index (χ0) is 28.2. The molecule has 0 spiro atoms. The minimum absolute atomic E-state index is 0.0572. The maximum Gasteiger partial charge on any atom is 0.425 e. The summed E-state index contributed by atoms with van der Waals surface area (Å²) >= 11 is 0. The summed E-state index contributed by atoms with van der Waals surface area (Å²) in [6.07, 6.45) is -4.26. The highest BCUT2D eigenvalue weighted by Gasteiger charge is 2.47. The zero-order valence-electron chi connectivity index (χ0n) is 22.0. The predicted molar refractivity (Wildman–Crippen MR) is 140 cm³/mol.